The van der Waals surface area contributed by atoms with Crippen LogP contribution >= 0.6 is 0 Å². The van der Waals surface area contributed by atoms with Crippen LogP contribution in [0.3, 0.4) is 0 Å². The molecule has 0 spiro atoms. The molecule has 3 aliphatic rings. The molecule has 3 aliphatic heterocycles. The minimum Gasteiger partial charge on any atom is -0.444 e. The number of nitrogens with zero attached hydrogens (tertiary/aromatic N) is 4. The van der Waals surface area contributed by atoms with Crippen molar-refractivity contribution < 1.29 is 23.1 Å². The Morgan fingerprint density at radius 2 is 1.63 bits per heavy atom. The average Bonchev–Trinajstić information content (AvgIpc) is 2.95. The van der Waals surface area contributed by atoms with Crippen molar-refractivity contribution in [3.63, 3.8) is 0 Å². The zero-order valence-electron chi connectivity index (χ0n) is 17.3. The number of carbonyl (C=O) groups excluding carboxylic acids is 2. The van der Waals surface area contributed by atoms with E-state index in [1.54, 1.807) is 4.90 Å². The lowest BCUT2D eigenvalue weighted by Gasteiger charge is -2.36. The van der Waals surface area contributed by atoms with Crippen LogP contribution in [0.15, 0.2) is 12.1 Å². The van der Waals surface area contributed by atoms with Crippen LogP contribution in [0.25, 0.3) is 0 Å². The largest absolute Gasteiger partial charge is 0.444 e. The molecule has 30 heavy (non-hydrogen) atoms. The third-order valence-corrected chi connectivity index (χ3v) is 6.06. The van der Waals surface area contributed by atoms with E-state index < -0.39 is 23.8 Å². The highest BCUT2D eigenvalue weighted by Crippen LogP contribution is 2.32. The third kappa shape index (κ3) is 4.41. The van der Waals surface area contributed by atoms with Gasteiger partial charge in [-0.25, -0.2) is 23.6 Å². The van der Waals surface area contributed by atoms with Gasteiger partial charge in [0.05, 0.1) is 12.2 Å². The second-order valence-electron chi connectivity index (χ2n) is 8.22. The molecule has 0 unspecified atom stereocenters. The molecule has 164 valence electrons. The summed E-state index contributed by atoms with van der Waals surface area (Å²) in [5, 5.41) is 4.55. The Kier molecular flexibility index (Phi) is 6.19. The highest BCUT2D eigenvalue weighted by molar-refractivity contribution is 5.90. The molecule has 1 atom stereocenters. The number of fused-ring (bicyclic) bond motifs is 1. The third-order valence-electron chi connectivity index (χ3n) is 6.06. The second kappa shape index (κ2) is 8.85. The van der Waals surface area contributed by atoms with Gasteiger partial charge in [0.25, 0.3) is 0 Å². The molecule has 1 aromatic rings. The maximum atomic E-state index is 15.0. The molecular formula is C21H28F2N4O3. The van der Waals surface area contributed by atoms with Gasteiger partial charge in [0, 0.05) is 57.8 Å². The smallest absolute Gasteiger partial charge is 0.414 e. The lowest BCUT2D eigenvalue weighted by molar-refractivity contribution is -0.117. The number of hydrazine groups is 1. The Bertz CT molecular complexity index is 782. The zero-order valence-corrected chi connectivity index (χ0v) is 17.3. The van der Waals surface area contributed by atoms with Gasteiger partial charge in [-0.15, -0.1) is 0 Å². The minimum absolute atomic E-state index is 0.0101. The maximum absolute atomic E-state index is 15.0. The van der Waals surface area contributed by atoms with Crippen molar-refractivity contribution in [3.05, 3.63) is 23.8 Å². The summed E-state index contributed by atoms with van der Waals surface area (Å²) >= 11 is 0. The molecule has 0 radical (unpaired) electrons. The number of cyclic esters (lactones) is 1. The molecule has 0 bridgehead atoms. The van der Waals surface area contributed by atoms with Gasteiger partial charge in [0.15, 0.2) is 11.6 Å². The van der Waals surface area contributed by atoms with Crippen molar-refractivity contribution in [1.29, 1.82) is 0 Å². The fourth-order valence-electron chi connectivity index (χ4n) is 4.44. The standard InChI is InChI=1S/C21H28F2N4O3/c1-15(28)4-5-17-14-27(21(29)30-17)16-12-18(22)20(19(23)13-16)24-8-10-25-6-2-3-7-26(25)11-9-24/h12-13,17H,2-11,14H2,1H3/t17-/m0/s1. The topological polar surface area (TPSA) is 56.3 Å². The van der Waals surface area contributed by atoms with E-state index in [0.717, 1.165) is 39.0 Å². The number of ether oxygens (including phenoxy) is 1. The summed E-state index contributed by atoms with van der Waals surface area (Å²) in [6, 6.07) is 2.40. The fraction of sp³-hybridized carbons (Fsp3) is 0.619. The molecule has 3 heterocycles. The lowest BCUT2D eigenvalue weighted by atomic mass is 10.1. The van der Waals surface area contributed by atoms with Crippen LogP contribution in [0.2, 0.25) is 0 Å². The van der Waals surface area contributed by atoms with Gasteiger partial charge in [-0.1, -0.05) is 0 Å². The number of rotatable bonds is 5. The van der Waals surface area contributed by atoms with Crippen LogP contribution < -0.4 is 9.80 Å². The quantitative estimate of drug-likeness (QED) is 0.728. The molecule has 0 aliphatic carbocycles. The maximum Gasteiger partial charge on any atom is 0.414 e. The van der Waals surface area contributed by atoms with Gasteiger partial charge < -0.3 is 14.4 Å². The summed E-state index contributed by atoms with van der Waals surface area (Å²) < 4.78 is 35.2. The highest BCUT2D eigenvalue weighted by Gasteiger charge is 2.34. The van der Waals surface area contributed by atoms with Crippen LogP contribution in [0.4, 0.5) is 25.0 Å². The van der Waals surface area contributed by atoms with Gasteiger partial charge in [0.1, 0.15) is 17.6 Å². The molecule has 0 aromatic heterocycles. The molecule has 3 fully saturated rings. The Balaban J connectivity index is 1.48. The van der Waals surface area contributed by atoms with Crippen LogP contribution in [-0.4, -0.2) is 73.8 Å². The van der Waals surface area contributed by atoms with Crippen molar-refractivity contribution in [2.24, 2.45) is 0 Å². The van der Waals surface area contributed by atoms with Crippen molar-refractivity contribution >= 4 is 23.3 Å². The first-order chi connectivity index (χ1) is 14.4. The van der Waals surface area contributed by atoms with E-state index in [-0.39, 0.29) is 23.7 Å². The van der Waals surface area contributed by atoms with E-state index in [0.29, 0.717) is 25.9 Å². The summed E-state index contributed by atoms with van der Waals surface area (Å²) in [5.74, 6) is -1.35. The van der Waals surface area contributed by atoms with E-state index in [1.165, 1.54) is 24.0 Å². The monoisotopic (exact) mass is 422 g/mol. The Hall–Kier alpha value is -2.26. The number of Topliss-reactive ketones (excluding diaryl/α,β-unsaturated/α-hetero) is 1. The SMILES string of the molecule is CC(=O)CC[C@H]1CN(c2cc(F)c(N3CCN4CCCCN4CC3)c(F)c2)C(=O)O1. The summed E-state index contributed by atoms with van der Waals surface area (Å²) in [6.07, 6.45) is 1.90. The number of carbonyl (C=O) groups is 2. The first-order valence-electron chi connectivity index (χ1n) is 10.6. The summed E-state index contributed by atoms with van der Waals surface area (Å²) in [4.78, 5) is 26.3. The van der Waals surface area contributed by atoms with Crippen molar-refractivity contribution in [2.45, 2.75) is 38.7 Å². The number of hydrogen-bond donors (Lipinski definition) is 0. The number of halogens is 2. The van der Waals surface area contributed by atoms with Crippen LogP contribution in [0, 0.1) is 11.6 Å². The van der Waals surface area contributed by atoms with Gasteiger partial charge in [-0.3, -0.25) is 4.90 Å². The van der Waals surface area contributed by atoms with Gasteiger partial charge in [-0.05, 0) is 26.2 Å². The van der Waals surface area contributed by atoms with Crippen LogP contribution in [0.5, 0.6) is 0 Å². The fourth-order valence-corrected chi connectivity index (χ4v) is 4.44. The number of ketones is 1. The number of benzene rings is 1. The first-order valence-corrected chi connectivity index (χ1v) is 10.6. The molecule has 3 saturated heterocycles. The van der Waals surface area contributed by atoms with Crippen molar-refractivity contribution in [1.82, 2.24) is 10.0 Å². The van der Waals surface area contributed by atoms with Gasteiger partial charge >= 0.3 is 6.09 Å². The van der Waals surface area contributed by atoms with E-state index in [4.69, 9.17) is 4.74 Å². The summed E-state index contributed by atoms with van der Waals surface area (Å²) in [7, 11) is 0. The van der Waals surface area contributed by atoms with E-state index in [2.05, 4.69) is 10.0 Å². The molecule has 0 saturated carbocycles. The average molecular weight is 422 g/mol. The highest BCUT2D eigenvalue weighted by atomic mass is 19.1. The molecule has 0 N–H and O–H groups in total. The Morgan fingerprint density at radius 1 is 1.03 bits per heavy atom. The number of hydrogen-bond acceptors (Lipinski definition) is 6. The lowest BCUT2D eigenvalue weighted by Crippen LogP contribution is -2.47. The summed E-state index contributed by atoms with van der Waals surface area (Å²) in [5.41, 5.74) is 0.0977. The molecule has 7 nitrogen and oxygen atoms in total. The van der Waals surface area contributed by atoms with Crippen molar-refractivity contribution in [3.8, 4) is 0 Å². The van der Waals surface area contributed by atoms with E-state index in [1.807, 2.05) is 0 Å². The summed E-state index contributed by atoms with van der Waals surface area (Å²) in [6.45, 7) is 6.18. The second-order valence-corrected chi connectivity index (χ2v) is 8.22. The minimum atomic E-state index is -0.681. The normalized spacial score (nSPS) is 23.3. The molecule has 1 amide bonds. The predicted octanol–water partition coefficient (Wildman–Crippen LogP) is 2.79. The molecule has 4 rings (SSSR count). The van der Waals surface area contributed by atoms with Gasteiger partial charge in [-0.2, -0.15) is 0 Å². The Morgan fingerprint density at radius 3 is 2.20 bits per heavy atom. The zero-order chi connectivity index (χ0) is 21.3. The van der Waals surface area contributed by atoms with Crippen molar-refractivity contribution in [2.75, 3.05) is 55.6 Å². The van der Waals surface area contributed by atoms with Crippen LogP contribution in [0.1, 0.15) is 32.6 Å². The van der Waals surface area contributed by atoms with E-state index >= 15 is 0 Å². The van der Waals surface area contributed by atoms with Crippen LogP contribution in [-0.2, 0) is 9.53 Å². The molecule has 9 heteroatoms. The molecule has 1 aromatic carbocycles. The predicted molar refractivity (Wildman–Crippen MR) is 108 cm³/mol. The number of anilines is 2. The molecular weight excluding hydrogens is 394 g/mol. The number of amides is 1. The Labute approximate surface area is 175 Å². The first kappa shape index (κ1) is 21.0. The van der Waals surface area contributed by atoms with E-state index in [9.17, 15) is 18.4 Å². The van der Waals surface area contributed by atoms with Gasteiger partial charge in [0.2, 0.25) is 0 Å².